The van der Waals surface area contributed by atoms with Crippen LogP contribution in [0.1, 0.15) is 13.0 Å². The minimum Gasteiger partial charge on any atom is -0.312 e. The number of amides is 1. The number of hydrogen-bond acceptors (Lipinski definition) is 5. The Bertz CT molecular complexity index is 1540. The van der Waals surface area contributed by atoms with Gasteiger partial charge in [-0.25, -0.2) is 9.78 Å². The van der Waals surface area contributed by atoms with Crippen LogP contribution in [0.15, 0.2) is 68.2 Å². The van der Waals surface area contributed by atoms with Crippen LogP contribution in [0.25, 0.3) is 11.2 Å². The number of halogens is 1. The maximum atomic E-state index is 13.9. The molecular weight excluding hydrogens is 450 g/mol. The molecule has 2 aromatic carbocycles. The number of anilines is 2. The molecule has 1 aliphatic heterocycles. The van der Waals surface area contributed by atoms with Gasteiger partial charge in [0.05, 0.1) is 17.7 Å². The molecule has 5 rings (SSSR count). The highest BCUT2D eigenvalue weighted by atomic mass is 35.5. The largest absolute Gasteiger partial charge is 0.332 e. The summed E-state index contributed by atoms with van der Waals surface area (Å²) in [5, 5.41) is 0.520. The summed E-state index contributed by atoms with van der Waals surface area (Å²) in [6.45, 7) is 1.71. The number of benzene rings is 2. The highest BCUT2D eigenvalue weighted by Crippen LogP contribution is 2.49. The van der Waals surface area contributed by atoms with E-state index in [-0.39, 0.29) is 17.1 Å². The number of rotatable bonds is 2. The molecule has 1 amide bonds. The summed E-state index contributed by atoms with van der Waals surface area (Å²) in [5.74, 6) is -0.253. The first-order valence-electron chi connectivity index (χ1n) is 9.82. The smallest absolute Gasteiger partial charge is 0.312 e. The number of aryl methyl sites for hydroxylation is 1. The van der Waals surface area contributed by atoms with Crippen LogP contribution in [-0.2, 0) is 18.9 Å². The van der Waals surface area contributed by atoms with E-state index in [9.17, 15) is 14.4 Å². The lowest BCUT2D eigenvalue weighted by molar-refractivity contribution is -0.120. The fraction of sp³-hybridized carbons (Fsp3) is 0.182. The number of fused-ring (bicyclic) bond motifs is 3. The van der Waals surface area contributed by atoms with Gasteiger partial charge in [0.2, 0.25) is 0 Å². The van der Waals surface area contributed by atoms with E-state index >= 15 is 0 Å². The molecule has 10 heteroatoms. The zero-order valence-electron chi connectivity index (χ0n) is 17.4. The summed E-state index contributed by atoms with van der Waals surface area (Å²) in [6, 6.07) is 12.3. The number of aromatic nitrogens is 4. The zero-order valence-corrected chi connectivity index (χ0v) is 19.0. The van der Waals surface area contributed by atoms with Crippen molar-refractivity contribution in [2.75, 3.05) is 4.90 Å². The third kappa shape index (κ3) is 2.92. The third-order valence-corrected chi connectivity index (χ3v) is 7.02. The van der Waals surface area contributed by atoms with Crippen LogP contribution in [0.2, 0.25) is 5.02 Å². The molecule has 0 saturated heterocycles. The molecule has 0 saturated carbocycles. The van der Waals surface area contributed by atoms with Crippen LogP contribution >= 0.6 is 23.4 Å². The first kappa shape index (κ1) is 20.6. The summed E-state index contributed by atoms with van der Waals surface area (Å²) < 4.78 is 3.83. The molecular formula is C22H18ClN5O3S. The van der Waals surface area contributed by atoms with Gasteiger partial charge in [-0.3, -0.25) is 23.6 Å². The van der Waals surface area contributed by atoms with Gasteiger partial charge in [-0.1, -0.05) is 35.5 Å². The van der Waals surface area contributed by atoms with Crippen molar-refractivity contribution >= 4 is 51.8 Å². The van der Waals surface area contributed by atoms with Crippen LogP contribution in [0.4, 0.5) is 11.4 Å². The predicted octanol–water partition coefficient (Wildman–Crippen LogP) is 3.48. The number of hydrogen-bond donors (Lipinski definition) is 0. The molecule has 0 radical (unpaired) electrons. The number of carbonyl (C=O) groups is 1. The van der Waals surface area contributed by atoms with Crippen molar-refractivity contribution < 1.29 is 4.79 Å². The maximum absolute atomic E-state index is 13.9. The third-order valence-electron chi connectivity index (χ3n) is 5.66. The highest BCUT2D eigenvalue weighted by molar-refractivity contribution is 7.99. The molecule has 4 aromatic rings. The molecule has 0 bridgehead atoms. The van der Waals surface area contributed by atoms with Gasteiger partial charge in [0.1, 0.15) is 6.04 Å². The molecule has 2 aromatic heterocycles. The van der Waals surface area contributed by atoms with Crippen LogP contribution in [-0.4, -0.2) is 24.6 Å². The van der Waals surface area contributed by atoms with Gasteiger partial charge in [0, 0.05) is 28.9 Å². The molecule has 0 N–H and O–H groups in total. The molecule has 8 nitrogen and oxygen atoms in total. The normalized spacial score (nSPS) is 13.7. The summed E-state index contributed by atoms with van der Waals surface area (Å²) >= 11 is 7.83. The van der Waals surface area contributed by atoms with Crippen LogP contribution in [0.3, 0.4) is 0 Å². The summed E-state index contributed by atoms with van der Waals surface area (Å²) in [6.07, 6.45) is 1.43. The SMILES string of the molecule is CC(C(=O)N1c2ccccc2Sc2ccc(Cl)cc21)n1cnc2c1c(=O)n(C)c(=O)n2C. The van der Waals surface area contributed by atoms with E-state index in [0.717, 1.165) is 20.0 Å². The number of para-hydroxylation sites is 1. The Morgan fingerprint density at radius 2 is 1.75 bits per heavy atom. The lowest BCUT2D eigenvalue weighted by atomic mass is 10.1. The number of carbonyl (C=O) groups excluding carboxylic acids is 1. The second kappa shape index (κ2) is 7.39. The fourth-order valence-electron chi connectivity index (χ4n) is 3.93. The fourth-order valence-corrected chi connectivity index (χ4v) is 5.13. The molecule has 162 valence electrons. The van der Waals surface area contributed by atoms with E-state index in [4.69, 9.17) is 11.6 Å². The van der Waals surface area contributed by atoms with E-state index in [1.54, 1.807) is 42.8 Å². The first-order valence-corrected chi connectivity index (χ1v) is 11.0. The maximum Gasteiger partial charge on any atom is 0.332 e. The monoisotopic (exact) mass is 467 g/mol. The minimum atomic E-state index is -0.770. The Hall–Kier alpha value is -3.30. The van der Waals surface area contributed by atoms with Gasteiger partial charge in [0.25, 0.3) is 11.5 Å². The van der Waals surface area contributed by atoms with Gasteiger partial charge in [0.15, 0.2) is 11.2 Å². The lowest BCUT2D eigenvalue weighted by Gasteiger charge is -2.33. The molecule has 1 unspecified atom stereocenters. The zero-order chi connectivity index (χ0) is 22.7. The predicted molar refractivity (Wildman–Crippen MR) is 124 cm³/mol. The summed E-state index contributed by atoms with van der Waals surface area (Å²) in [4.78, 5) is 46.7. The van der Waals surface area contributed by atoms with Gasteiger partial charge >= 0.3 is 5.69 Å². The molecule has 0 spiro atoms. The van der Waals surface area contributed by atoms with Crippen LogP contribution < -0.4 is 16.1 Å². The molecule has 1 atom stereocenters. The lowest BCUT2D eigenvalue weighted by Crippen LogP contribution is -2.39. The van der Waals surface area contributed by atoms with Crippen LogP contribution in [0.5, 0.6) is 0 Å². The molecule has 0 aliphatic carbocycles. The van der Waals surface area contributed by atoms with E-state index in [1.807, 2.05) is 30.3 Å². The second-order valence-corrected chi connectivity index (χ2v) is 9.08. The average Bonchev–Trinajstić information content (AvgIpc) is 3.24. The highest BCUT2D eigenvalue weighted by Gasteiger charge is 2.33. The average molecular weight is 468 g/mol. The van der Waals surface area contributed by atoms with E-state index in [1.165, 1.54) is 22.5 Å². The van der Waals surface area contributed by atoms with Crippen molar-refractivity contribution in [1.82, 2.24) is 18.7 Å². The van der Waals surface area contributed by atoms with Gasteiger partial charge in [-0.05, 0) is 37.3 Å². The Kier molecular flexibility index (Phi) is 4.75. The summed E-state index contributed by atoms with van der Waals surface area (Å²) in [7, 11) is 2.95. The first-order chi connectivity index (χ1) is 15.3. The minimum absolute atomic E-state index is 0.196. The van der Waals surface area contributed by atoms with Gasteiger partial charge in [-0.2, -0.15) is 0 Å². The van der Waals surface area contributed by atoms with E-state index in [0.29, 0.717) is 10.7 Å². The van der Waals surface area contributed by atoms with E-state index in [2.05, 4.69) is 4.98 Å². The number of imidazole rings is 1. The quantitative estimate of drug-likeness (QED) is 0.451. The Labute approximate surface area is 191 Å². The van der Waals surface area contributed by atoms with Crippen molar-refractivity contribution in [3.05, 3.63) is 74.7 Å². The Balaban J connectivity index is 1.69. The van der Waals surface area contributed by atoms with Crippen LogP contribution in [0, 0.1) is 0 Å². The van der Waals surface area contributed by atoms with Gasteiger partial charge < -0.3 is 4.57 Å². The van der Waals surface area contributed by atoms with Crippen molar-refractivity contribution in [3.63, 3.8) is 0 Å². The van der Waals surface area contributed by atoms with Crippen molar-refractivity contribution in [2.45, 2.75) is 22.8 Å². The Morgan fingerprint density at radius 3 is 2.53 bits per heavy atom. The van der Waals surface area contributed by atoms with E-state index < -0.39 is 17.3 Å². The standard InChI is InChI=1S/C22H18ClN5O3S/c1-12(27-11-24-19-18(27)21(30)26(3)22(31)25(19)2)20(29)28-14-6-4-5-7-16(14)32-17-9-8-13(23)10-15(17)28/h4-12H,1-3H3. The molecule has 32 heavy (non-hydrogen) atoms. The van der Waals surface area contributed by atoms with Gasteiger partial charge in [-0.15, -0.1) is 0 Å². The molecule has 3 heterocycles. The molecule has 0 fully saturated rings. The summed E-state index contributed by atoms with van der Waals surface area (Å²) in [5.41, 5.74) is 0.879. The Morgan fingerprint density at radius 1 is 1.03 bits per heavy atom. The molecule has 1 aliphatic rings. The van der Waals surface area contributed by atoms with Crippen molar-refractivity contribution in [3.8, 4) is 0 Å². The van der Waals surface area contributed by atoms with Crippen molar-refractivity contribution in [1.29, 1.82) is 0 Å². The number of nitrogens with zero attached hydrogens (tertiary/aromatic N) is 5. The van der Waals surface area contributed by atoms with Crippen molar-refractivity contribution in [2.24, 2.45) is 14.1 Å². The second-order valence-electron chi connectivity index (χ2n) is 7.56. The topological polar surface area (TPSA) is 82.1 Å².